The van der Waals surface area contributed by atoms with Crippen LogP contribution in [-0.2, 0) is 16.3 Å². The van der Waals surface area contributed by atoms with Crippen LogP contribution in [0.5, 0.6) is 0 Å². The number of aromatic nitrogens is 2. The number of anilines is 1. The fraction of sp³-hybridized carbons (Fsp3) is 0.308. The molecule has 5 nitrogen and oxygen atoms in total. The van der Waals surface area contributed by atoms with Crippen molar-refractivity contribution in [2.45, 2.75) is 18.2 Å². The van der Waals surface area contributed by atoms with E-state index in [1.54, 1.807) is 43.6 Å². The minimum Gasteiger partial charge on any atom is -0.385 e. The van der Waals surface area contributed by atoms with Crippen molar-refractivity contribution in [3.63, 3.8) is 0 Å². The maximum atomic E-state index is 11.6. The average Bonchev–Trinajstić information content (AvgIpc) is 2.92. The third kappa shape index (κ3) is 3.57. The number of benzene rings is 1. The van der Waals surface area contributed by atoms with E-state index in [9.17, 15) is 8.42 Å². The summed E-state index contributed by atoms with van der Waals surface area (Å²) in [6.45, 7) is 2.39. The van der Waals surface area contributed by atoms with Crippen LogP contribution in [0.25, 0.3) is 0 Å². The fourth-order valence-electron chi connectivity index (χ4n) is 1.71. The number of H-pyrrole nitrogens is 1. The highest BCUT2D eigenvalue weighted by atomic mass is 32.2. The molecule has 0 atom stereocenters. The molecule has 0 bridgehead atoms. The molecule has 2 N–H and O–H groups in total. The first-order valence-electron chi connectivity index (χ1n) is 6.17. The molecule has 0 aliphatic rings. The molecule has 1 heterocycles. The number of hydrogen-bond donors (Lipinski definition) is 2. The number of aromatic amines is 1. The smallest absolute Gasteiger partial charge is 0.178 e. The Morgan fingerprint density at radius 1 is 1.26 bits per heavy atom. The van der Waals surface area contributed by atoms with Gasteiger partial charge in [0.25, 0.3) is 0 Å². The van der Waals surface area contributed by atoms with Gasteiger partial charge < -0.3 is 10.3 Å². The van der Waals surface area contributed by atoms with Gasteiger partial charge in [-0.2, -0.15) is 0 Å². The summed E-state index contributed by atoms with van der Waals surface area (Å²) in [6, 6.07) is 6.83. The van der Waals surface area contributed by atoms with E-state index in [4.69, 9.17) is 0 Å². The number of nitrogens with one attached hydrogen (secondary N) is 2. The Hall–Kier alpha value is -1.82. The Balaban J connectivity index is 1.92. The molecular formula is C13H17N3O2S. The lowest BCUT2D eigenvalue weighted by atomic mass is 10.3. The van der Waals surface area contributed by atoms with E-state index in [1.165, 1.54) is 0 Å². The third-order valence-corrected chi connectivity index (χ3v) is 4.59. The second-order valence-electron chi connectivity index (χ2n) is 4.14. The number of hydrogen-bond acceptors (Lipinski definition) is 4. The van der Waals surface area contributed by atoms with Crippen molar-refractivity contribution < 1.29 is 8.42 Å². The van der Waals surface area contributed by atoms with Crippen molar-refractivity contribution in [2.24, 2.45) is 0 Å². The van der Waals surface area contributed by atoms with Crippen molar-refractivity contribution in [1.82, 2.24) is 9.97 Å². The van der Waals surface area contributed by atoms with Gasteiger partial charge in [0, 0.05) is 31.0 Å². The van der Waals surface area contributed by atoms with E-state index in [-0.39, 0.29) is 5.75 Å². The van der Waals surface area contributed by atoms with E-state index >= 15 is 0 Å². The predicted molar refractivity (Wildman–Crippen MR) is 75.0 cm³/mol. The Labute approximate surface area is 113 Å². The molecule has 0 saturated heterocycles. The van der Waals surface area contributed by atoms with Gasteiger partial charge in [0.15, 0.2) is 9.84 Å². The summed E-state index contributed by atoms with van der Waals surface area (Å²) < 4.78 is 23.3. The second-order valence-corrected chi connectivity index (χ2v) is 6.42. The number of imidazole rings is 1. The van der Waals surface area contributed by atoms with Crippen LogP contribution in [0.1, 0.15) is 12.7 Å². The minimum absolute atomic E-state index is 0.123. The SMILES string of the molecule is CCS(=O)(=O)c1ccc(NCCc2ncc[nH]2)cc1. The standard InChI is InChI=1S/C13H17N3O2S/c1-2-19(17,18)12-5-3-11(4-6-12)14-8-7-13-15-9-10-16-13/h3-6,9-10,14H,2,7-8H2,1H3,(H,15,16). The van der Waals surface area contributed by atoms with Gasteiger partial charge >= 0.3 is 0 Å². The lowest BCUT2D eigenvalue weighted by Crippen LogP contribution is -2.07. The summed E-state index contributed by atoms with van der Waals surface area (Å²) in [5.74, 6) is 1.05. The summed E-state index contributed by atoms with van der Waals surface area (Å²) in [5.41, 5.74) is 0.904. The average molecular weight is 279 g/mol. The zero-order valence-electron chi connectivity index (χ0n) is 10.8. The van der Waals surface area contributed by atoms with Crippen LogP contribution in [0.2, 0.25) is 0 Å². The summed E-state index contributed by atoms with van der Waals surface area (Å²) in [4.78, 5) is 7.53. The Kier molecular flexibility index (Phi) is 4.21. The first-order chi connectivity index (χ1) is 9.12. The van der Waals surface area contributed by atoms with Gasteiger partial charge in [0.2, 0.25) is 0 Å². The molecule has 0 aliphatic carbocycles. The zero-order valence-corrected chi connectivity index (χ0v) is 11.6. The van der Waals surface area contributed by atoms with Crippen molar-refractivity contribution in [3.8, 4) is 0 Å². The summed E-state index contributed by atoms with van der Waals surface area (Å²) >= 11 is 0. The molecule has 0 unspecified atom stereocenters. The molecule has 1 aromatic heterocycles. The molecule has 6 heteroatoms. The Morgan fingerprint density at radius 3 is 2.58 bits per heavy atom. The monoisotopic (exact) mass is 279 g/mol. The molecular weight excluding hydrogens is 262 g/mol. The van der Waals surface area contributed by atoms with Crippen LogP contribution in [0, 0.1) is 0 Å². The highest BCUT2D eigenvalue weighted by molar-refractivity contribution is 7.91. The summed E-state index contributed by atoms with van der Waals surface area (Å²) in [6.07, 6.45) is 4.31. The molecule has 0 amide bonds. The van der Waals surface area contributed by atoms with Crippen LogP contribution >= 0.6 is 0 Å². The van der Waals surface area contributed by atoms with Crippen molar-refractivity contribution in [1.29, 1.82) is 0 Å². The van der Waals surface area contributed by atoms with Crippen LogP contribution in [0.15, 0.2) is 41.6 Å². The van der Waals surface area contributed by atoms with Gasteiger partial charge in [-0.1, -0.05) is 6.92 Å². The second kappa shape index (κ2) is 5.88. The van der Waals surface area contributed by atoms with E-state index < -0.39 is 9.84 Å². The Morgan fingerprint density at radius 2 is 2.00 bits per heavy atom. The fourth-order valence-corrected chi connectivity index (χ4v) is 2.59. The van der Waals surface area contributed by atoms with Crippen molar-refractivity contribution in [2.75, 3.05) is 17.6 Å². The highest BCUT2D eigenvalue weighted by Gasteiger charge is 2.10. The van der Waals surface area contributed by atoms with E-state index in [0.29, 0.717) is 4.90 Å². The van der Waals surface area contributed by atoms with Gasteiger partial charge in [-0.15, -0.1) is 0 Å². The maximum Gasteiger partial charge on any atom is 0.178 e. The molecule has 0 fully saturated rings. The van der Waals surface area contributed by atoms with Crippen LogP contribution in [0.3, 0.4) is 0 Å². The zero-order chi connectivity index (χ0) is 13.7. The predicted octanol–water partition coefficient (Wildman–Crippen LogP) is 1.86. The third-order valence-electron chi connectivity index (χ3n) is 2.84. The molecule has 1 aromatic carbocycles. The maximum absolute atomic E-state index is 11.6. The summed E-state index contributed by atoms with van der Waals surface area (Å²) in [5, 5.41) is 3.22. The molecule has 0 saturated carbocycles. The molecule has 19 heavy (non-hydrogen) atoms. The molecule has 2 rings (SSSR count). The van der Waals surface area contributed by atoms with Gasteiger partial charge in [0.05, 0.1) is 10.6 Å². The molecule has 0 aliphatic heterocycles. The van der Waals surface area contributed by atoms with Crippen molar-refractivity contribution >= 4 is 15.5 Å². The first kappa shape index (κ1) is 13.6. The van der Waals surface area contributed by atoms with Crippen LogP contribution in [-0.4, -0.2) is 30.7 Å². The van der Waals surface area contributed by atoms with Crippen LogP contribution < -0.4 is 5.32 Å². The van der Waals surface area contributed by atoms with Gasteiger partial charge in [-0.05, 0) is 24.3 Å². The summed E-state index contributed by atoms with van der Waals surface area (Å²) in [7, 11) is -3.11. The molecule has 102 valence electrons. The first-order valence-corrected chi connectivity index (χ1v) is 7.82. The number of sulfone groups is 1. The largest absolute Gasteiger partial charge is 0.385 e. The Bertz CT molecular complexity index is 604. The lowest BCUT2D eigenvalue weighted by Gasteiger charge is -2.06. The molecule has 2 aromatic rings. The van der Waals surface area contributed by atoms with E-state index in [0.717, 1.165) is 24.5 Å². The normalized spacial score (nSPS) is 11.4. The van der Waals surface area contributed by atoms with E-state index in [1.807, 2.05) is 0 Å². The molecule has 0 radical (unpaired) electrons. The highest BCUT2D eigenvalue weighted by Crippen LogP contribution is 2.15. The van der Waals surface area contributed by atoms with Gasteiger partial charge in [-0.25, -0.2) is 13.4 Å². The van der Waals surface area contributed by atoms with Crippen LogP contribution in [0.4, 0.5) is 5.69 Å². The number of rotatable bonds is 6. The lowest BCUT2D eigenvalue weighted by molar-refractivity contribution is 0.597. The quantitative estimate of drug-likeness (QED) is 0.846. The number of nitrogens with zero attached hydrogens (tertiary/aromatic N) is 1. The van der Waals surface area contributed by atoms with Gasteiger partial charge in [-0.3, -0.25) is 0 Å². The molecule has 0 spiro atoms. The van der Waals surface area contributed by atoms with Crippen molar-refractivity contribution in [3.05, 3.63) is 42.5 Å². The van der Waals surface area contributed by atoms with E-state index in [2.05, 4.69) is 15.3 Å². The minimum atomic E-state index is -3.11. The van der Waals surface area contributed by atoms with Gasteiger partial charge in [0.1, 0.15) is 5.82 Å². The topological polar surface area (TPSA) is 74.8 Å².